The number of nitrogens with one attached hydrogen (secondary N) is 5. The van der Waals surface area contributed by atoms with Crippen molar-refractivity contribution in [1.29, 1.82) is 0 Å². The third kappa shape index (κ3) is 30.2. The van der Waals surface area contributed by atoms with Gasteiger partial charge in [0.05, 0.1) is 41.9 Å². The van der Waals surface area contributed by atoms with Gasteiger partial charge in [-0.1, -0.05) is 33.7 Å². The van der Waals surface area contributed by atoms with E-state index in [9.17, 15) is 68.7 Å². The smallest absolute Gasteiger partial charge is 0.549 e. The summed E-state index contributed by atoms with van der Waals surface area (Å²) in [6.07, 6.45) is -0.130. The van der Waals surface area contributed by atoms with E-state index in [0.717, 1.165) is 9.80 Å². The van der Waals surface area contributed by atoms with E-state index < -0.39 is 92.6 Å². The predicted molar refractivity (Wildman–Crippen MR) is 227 cm³/mol. The fourth-order valence-corrected chi connectivity index (χ4v) is 7.98. The number of benzene rings is 1. The van der Waals surface area contributed by atoms with Crippen molar-refractivity contribution in [3.8, 4) is 0 Å². The molecule has 23 nitrogen and oxygen atoms in total. The van der Waals surface area contributed by atoms with Crippen LogP contribution in [-0.2, 0) is 49.6 Å². The quantitative estimate of drug-likeness (QED) is 0.0206. The molecule has 0 saturated carbocycles. The van der Waals surface area contributed by atoms with Crippen LogP contribution >= 0.6 is 33.8 Å². The number of amides is 2. The van der Waals surface area contributed by atoms with Gasteiger partial charge in [0, 0.05) is 102 Å². The standard InChI is InChI=1S/C38H58N8O15S3.Gd/c1-24(47)28(43-37(61)29(39-2)8-10-31(49)50)7-9-30(48)40-11-15-63-64-16-12-41-38(62)42-26-5-3-25(4-6-26)17-27(46(22-35(57)58)23-36(59)60)18-44(19-32(51)52)13-14-45(20-33(53)54)21-34(55)56;/h3-6,27-29,39H,7-23H2,1-2H3,(H,40,48)(H,43,61)(H,49,50)(H,51,52)(H,53,54)(H,55,56)(H,57,58)(H,59,60)(H2,41,42,62);/q;+3/p-5. The summed E-state index contributed by atoms with van der Waals surface area (Å²) in [6.45, 7) is -2.76. The maximum absolute atomic E-state index is 12.5. The average Bonchev–Trinajstić information content (AvgIpc) is 3.18. The molecule has 0 bridgehead atoms. The number of nitrogens with zero attached hydrogens (tertiary/aromatic N) is 3. The summed E-state index contributed by atoms with van der Waals surface area (Å²) in [5.41, 5.74) is 1.13. The number of hydrogen-bond donors (Lipinski definition) is 6. The Morgan fingerprint density at radius 1 is 0.708 bits per heavy atom. The van der Waals surface area contributed by atoms with E-state index >= 15 is 0 Å². The molecule has 0 spiro atoms. The van der Waals surface area contributed by atoms with Gasteiger partial charge in [0.25, 0.3) is 0 Å². The first-order valence-electron chi connectivity index (χ1n) is 19.7. The first-order valence-corrected chi connectivity index (χ1v) is 22.6. The minimum absolute atomic E-state index is 0. The van der Waals surface area contributed by atoms with E-state index in [4.69, 9.17) is 17.3 Å². The Hall–Kier alpha value is -3.80. The number of thiocarbonyl (C=S) groups is 1. The number of carbonyl (C=O) groups excluding carboxylic acids is 8. The number of rotatable bonds is 36. The molecule has 65 heavy (non-hydrogen) atoms. The molecule has 0 fully saturated rings. The van der Waals surface area contributed by atoms with Gasteiger partial charge in [-0.05, 0) is 63.1 Å². The van der Waals surface area contributed by atoms with Gasteiger partial charge in [-0.3, -0.25) is 33.9 Å². The zero-order valence-corrected chi connectivity index (χ0v) is 40.4. The van der Waals surface area contributed by atoms with Crippen molar-refractivity contribution in [2.75, 3.05) is 89.3 Å². The molecule has 6 N–H and O–H groups in total. The molecular weight excluding hydrogens is 1060 g/mol. The number of hydrogen-bond acceptors (Lipinski definition) is 21. The van der Waals surface area contributed by atoms with Gasteiger partial charge in [0.15, 0.2) is 10.9 Å². The number of anilines is 1. The molecule has 0 aliphatic rings. The molecule has 1 rings (SSSR count). The molecule has 0 aliphatic carbocycles. The van der Waals surface area contributed by atoms with Crippen molar-refractivity contribution in [2.24, 2.45) is 0 Å². The Morgan fingerprint density at radius 3 is 1.69 bits per heavy atom. The van der Waals surface area contributed by atoms with E-state index in [0.29, 0.717) is 41.0 Å². The molecule has 363 valence electrons. The normalized spacial score (nSPS) is 12.3. The van der Waals surface area contributed by atoms with Crippen LogP contribution in [0.2, 0.25) is 0 Å². The van der Waals surface area contributed by atoms with Crippen LogP contribution in [0.15, 0.2) is 24.3 Å². The Balaban J connectivity index is 0.0000410. The zero-order valence-electron chi connectivity index (χ0n) is 35.6. The van der Waals surface area contributed by atoms with Crippen LogP contribution in [0.1, 0.15) is 38.2 Å². The Labute approximate surface area is 421 Å². The Bertz CT molecular complexity index is 1720. The van der Waals surface area contributed by atoms with Crippen LogP contribution in [0.3, 0.4) is 0 Å². The van der Waals surface area contributed by atoms with Crippen LogP contribution in [0.25, 0.3) is 0 Å². The number of likely N-dealkylation sites (N-methyl/N-ethyl adjacent to an activating group) is 1. The van der Waals surface area contributed by atoms with Gasteiger partial charge in [-0.15, -0.1) is 0 Å². The van der Waals surface area contributed by atoms with Crippen molar-refractivity contribution in [3.05, 3.63) is 29.8 Å². The molecule has 3 atom stereocenters. The number of Topliss-reactive ketones (excluding diaryl/α,β-unsaturated/α-hetero) is 1. The number of ketones is 1. The van der Waals surface area contributed by atoms with Gasteiger partial charge in [0.2, 0.25) is 11.8 Å². The van der Waals surface area contributed by atoms with Gasteiger partial charge in [-0.2, -0.15) is 0 Å². The Kier molecular flexibility index (Phi) is 32.5. The maximum atomic E-state index is 12.5. The maximum Gasteiger partial charge on any atom is 3.00 e. The summed E-state index contributed by atoms with van der Waals surface area (Å²) in [5.74, 6) is -9.00. The van der Waals surface area contributed by atoms with Crippen molar-refractivity contribution in [2.45, 2.75) is 57.2 Å². The molecule has 27 heteroatoms. The molecule has 1 aromatic carbocycles. The molecule has 0 aliphatic heterocycles. The number of carboxylic acid groups (broad SMARTS) is 6. The van der Waals surface area contributed by atoms with E-state index in [2.05, 4.69) is 26.6 Å². The molecule has 1 aromatic rings. The molecule has 0 heterocycles. The largest absolute Gasteiger partial charge is 3.00 e. The third-order valence-corrected chi connectivity index (χ3v) is 11.6. The van der Waals surface area contributed by atoms with E-state index in [1.54, 1.807) is 24.3 Å². The fourth-order valence-electron chi connectivity index (χ4n) is 5.95. The molecule has 0 saturated heterocycles. The van der Waals surface area contributed by atoms with Crippen LogP contribution in [0, 0.1) is 39.9 Å². The Morgan fingerprint density at radius 2 is 1.20 bits per heavy atom. The van der Waals surface area contributed by atoms with Crippen molar-refractivity contribution < 1.29 is 114 Å². The monoisotopic (exact) mass is 1120 g/mol. The SMILES string of the molecule is CNC(CCC(=O)O)C(=O)NC(CCC(=O)NCCSSCCNC(=S)Nc1ccc(CC(CN(CCN(CC(=O)[O-])CC(=O)[O-])CC(=O)[O-])N(CC(=O)[O-])CC(=O)[O-])cc1)C(C)=O.[Gd+3]. The first-order chi connectivity index (χ1) is 30.2. The summed E-state index contributed by atoms with van der Waals surface area (Å²) in [5, 5.41) is 80.3. The minimum atomic E-state index is -1.62. The summed E-state index contributed by atoms with van der Waals surface area (Å²) in [4.78, 5) is 108. The topological polar surface area (TPSA) is 359 Å². The van der Waals surface area contributed by atoms with Crippen molar-refractivity contribution >= 4 is 98.0 Å². The van der Waals surface area contributed by atoms with Crippen LogP contribution in [0.5, 0.6) is 0 Å². The summed E-state index contributed by atoms with van der Waals surface area (Å²) >= 11 is 5.38. The van der Waals surface area contributed by atoms with Crippen LogP contribution in [-0.4, -0.2) is 180 Å². The van der Waals surface area contributed by atoms with Crippen LogP contribution < -0.4 is 52.1 Å². The summed E-state index contributed by atoms with van der Waals surface area (Å²) < 4.78 is 0. The number of carboxylic acids is 6. The molecule has 2 amide bonds. The second-order valence-corrected chi connectivity index (χ2v) is 17.2. The summed E-state index contributed by atoms with van der Waals surface area (Å²) in [6, 6.07) is 3.92. The third-order valence-electron chi connectivity index (χ3n) is 8.96. The van der Waals surface area contributed by atoms with Crippen molar-refractivity contribution in [1.82, 2.24) is 36.0 Å². The molecule has 1 radical (unpaired) electrons. The van der Waals surface area contributed by atoms with Gasteiger partial charge in [0.1, 0.15) is 0 Å². The molecular formula is C38H53GdN8O15S3-2. The summed E-state index contributed by atoms with van der Waals surface area (Å²) in [7, 11) is 4.54. The zero-order chi connectivity index (χ0) is 48.2. The van der Waals surface area contributed by atoms with Crippen molar-refractivity contribution in [3.63, 3.8) is 0 Å². The minimum Gasteiger partial charge on any atom is -0.549 e. The molecule has 3 unspecified atom stereocenters. The van der Waals surface area contributed by atoms with Gasteiger partial charge < -0.3 is 81.2 Å². The van der Waals surface area contributed by atoms with E-state index in [1.807, 2.05) is 0 Å². The van der Waals surface area contributed by atoms with Crippen LogP contribution in [0.4, 0.5) is 5.69 Å². The number of aliphatic carboxylic acids is 6. The van der Waals surface area contributed by atoms with E-state index in [1.165, 1.54) is 40.5 Å². The first kappa shape index (κ1) is 61.2. The number of carbonyl (C=O) groups is 9. The second-order valence-electron chi connectivity index (χ2n) is 14.1. The van der Waals surface area contributed by atoms with E-state index in [-0.39, 0.29) is 103 Å². The van der Waals surface area contributed by atoms with Gasteiger partial charge in [-0.25, -0.2) is 0 Å². The molecule has 0 aromatic heterocycles. The van der Waals surface area contributed by atoms with Gasteiger partial charge >= 0.3 is 45.9 Å². The predicted octanol–water partition coefficient (Wildman–Crippen LogP) is -7.66. The fraction of sp³-hybridized carbons (Fsp3) is 0.579. The second kappa shape index (κ2) is 34.5. The average molecular weight is 1120 g/mol.